The van der Waals surface area contributed by atoms with E-state index >= 15 is 0 Å². The second kappa shape index (κ2) is 10.1. The fourth-order valence-electron chi connectivity index (χ4n) is 4.13. The molecule has 0 radical (unpaired) electrons. The Morgan fingerprint density at radius 3 is 2.58 bits per heavy atom. The highest BCUT2D eigenvalue weighted by Gasteiger charge is 2.38. The van der Waals surface area contributed by atoms with Gasteiger partial charge >= 0.3 is 12.1 Å². The second-order valence-electron chi connectivity index (χ2n) is 8.38. The Kier molecular flexibility index (Phi) is 7.67. The van der Waals surface area contributed by atoms with Crippen molar-refractivity contribution in [1.82, 2.24) is 4.37 Å². The Hall–Kier alpha value is -2.61. The molecule has 1 atom stereocenters. The first-order chi connectivity index (χ1) is 15.5. The smallest absolute Gasteiger partial charge is 0.427 e. The number of alkyl halides is 3. The van der Waals surface area contributed by atoms with Gasteiger partial charge in [0.05, 0.1) is 5.69 Å². The van der Waals surface area contributed by atoms with Gasteiger partial charge in [-0.05, 0) is 78.9 Å². The summed E-state index contributed by atoms with van der Waals surface area (Å²) < 4.78 is 51.3. The SMILES string of the molecule is CCC1=CC=C(c2nsc(C(F)(F)F)c2COc2ccc(CCC(=O)O)c(C)c2C)CC1C. The minimum atomic E-state index is -4.51. The van der Waals surface area contributed by atoms with Gasteiger partial charge in [-0.1, -0.05) is 37.6 Å². The number of allylic oxidation sites excluding steroid dienone is 4. The van der Waals surface area contributed by atoms with E-state index in [1.165, 1.54) is 5.57 Å². The van der Waals surface area contributed by atoms with Crippen molar-refractivity contribution < 1.29 is 27.8 Å². The Labute approximate surface area is 196 Å². The number of carboxylic acid groups (broad SMARTS) is 1. The van der Waals surface area contributed by atoms with Crippen molar-refractivity contribution in [3.05, 3.63) is 62.7 Å². The number of halogens is 3. The predicted octanol–water partition coefficient (Wildman–Crippen LogP) is 7.13. The first-order valence-electron chi connectivity index (χ1n) is 10.9. The zero-order valence-electron chi connectivity index (χ0n) is 19.2. The minimum Gasteiger partial charge on any atom is -0.488 e. The summed E-state index contributed by atoms with van der Waals surface area (Å²) in [5, 5.41) is 8.92. The Morgan fingerprint density at radius 1 is 1.24 bits per heavy atom. The number of carbonyl (C=O) groups is 1. The molecule has 1 aromatic heterocycles. The van der Waals surface area contributed by atoms with Gasteiger partial charge in [-0.15, -0.1) is 0 Å². The third-order valence-electron chi connectivity index (χ3n) is 6.25. The Bertz CT molecular complexity index is 1100. The Morgan fingerprint density at radius 2 is 1.97 bits per heavy atom. The summed E-state index contributed by atoms with van der Waals surface area (Å²) >= 11 is 0.467. The van der Waals surface area contributed by atoms with Gasteiger partial charge in [0.15, 0.2) is 0 Å². The van der Waals surface area contributed by atoms with Crippen LogP contribution in [0.4, 0.5) is 13.2 Å². The van der Waals surface area contributed by atoms with E-state index in [0.717, 1.165) is 28.7 Å². The van der Waals surface area contributed by atoms with E-state index in [1.807, 2.05) is 26.0 Å². The van der Waals surface area contributed by atoms with Crippen LogP contribution in [-0.4, -0.2) is 15.4 Å². The molecule has 4 nitrogen and oxygen atoms in total. The summed E-state index contributed by atoms with van der Waals surface area (Å²) in [5.74, 6) is -0.143. The molecular weight excluding hydrogens is 451 g/mol. The number of hydrogen-bond donors (Lipinski definition) is 1. The fraction of sp³-hybridized carbons (Fsp3) is 0.440. The van der Waals surface area contributed by atoms with Gasteiger partial charge in [0.2, 0.25) is 0 Å². The quantitative estimate of drug-likeness (QED) is 0.437. The monoisotopic (exact) mass is 479 g/mol. The maximum Gasteiger partial charge on any atom is 0.427 e. The number of carboxylic acids is 1. The molecule has 0 saturated heterocycles. The molecule has 178 valence electrons. The van der Waals surface area contributed by atoms with Crippen LogP contribution >= 0.6 is 11.5 Å². The molecule has 1 N–H and O–H groups in total. The number of aromatic nitrogens is 1. The van der Waals surface area contributed by atoms with Crippen molar-refractivity contribution in [2.75, 3.05) is 0 Å². The molecule has 0 spiro atoms. The van der Waals surface area contributed by atoms with Crippen LogP contribution in [0.15, 0.2) is 29.9 Å². The van der Waals surface area contributed by atoms with Crippen molar-refractivity contribution >= 4 is 23.1 Å². The van der Waals surface area contributed by atoms with E-state index in [0.29, 0.717) is 35.8 Å². The second-order valence-corrected chi connectivity index (χ2v) is 9.16. The lowest BCUT2D eigenvalue weighted by Crippen LogP contribution is -2.11. The van der Waals surface area contributed by atoms with Crippen molar-refractivity contribution in [1.29, 1.82) is 0 Å². The van der Waals surface area contributed by atoms with Crippen molar-refractivity contribution in [3.8, 4) is 5.75 Å². The highest BCUT2D eigenvalue weighted by molar-refractivity contribution is 7.06. The van der Waals surface area contributed by atoms with Gasteiger partial charge in [0, 0.05) is 12.0 Å². The minimum absolute atomic E-state index is 0.0150. The third-order valence-corrected chi connectivity index (χ3v) is 7.18. The fourth-order valence-corrected chi connectivity index (χ4v) is 4.91. The van der Waals surface area contributed by atoms with Crippen LogP contribution in [0, 0.1) is 19.8 Å². The molecule has 0 bridgehead atoms. The van der Waals surface area contributed by atoms with Crippen LogP contribution in [0.5, 0.6) is 5.75 Å². The lowest BCUT2D eigenvalue weighted by atomic mass is 9.85. The van der Waals surface area contributed by atoms with Crippen molar-refractivity contribution in [2.24, 2.45) is 5.92 Å². The van der Waals surface area contributed by atoms with E-state index < -0.39 is 17.0 Å². The summed E-state index contributed by atoms with van der Waals surface area (Å²) in [7, 11) is 0. The van der Waals surface area contributed by atoms with E-state index in [4.69, 9.17) is 9.84 Å². The summed E-state index contributed by atoms with van der Waals surface area (Å²) in [5.41, 5.74) is 5.05. The molecule has 0 aliphatic heterocycles. The first kappa shape index (κ1) is 25.0. The van der Waals surface area contributed by atoms with Gasteiger partial charge in [-0.2, -0.15) is 17.5 Å². The van der Waals surface area contributed by atoms with Crippen LogP contribution in [0.25, 0.3) is 5.57 Å². The molecule has 3 rings (SSSR count). The zero-order valence-corrected chi connectivity index (χ0v) is 20.0. The number of aliphatic carboxylic acids is 1. The lowest BCUT2D eigenvalue weighted by Gasteiger charge is -2.21. The van der Waals surface area contributed by atoms with E-state index in [1.54, 1.807) is 12.1 Å². The van der Waals surface area contributed by atoms with E-state index in [2.05, 4.69) is 18.2 Å². The summed E-state index contributed by atoms with van der Waals surface area (Å²) in [6.45, 7) is 7.60. The molecule has 1 unspecified atom stereocenters. The van der Waals surface area contributed by atoms with Crippen LogP contribution in [0.3, 0.4) is 0 Å². The van der Waals surface area contributed by atoms with Gasteiger partial charge in [-0.3, -0.25) is 4.79 Å². The Balaban J connectivity index is 1.90. The number of aryl methyl sites for hydroxylation is 1. The van der Waals surface area contributed by atoms with Gasteiger partial charge in [0.1, 0.15) is 17.2 Å². The number of rotatable bonds is 8. The molecule has 0 saturated carbocycles. The summed E-state index contributed by atoms with van der Waals surface area (Å²) in [6, 6.07) is 3.48. The molecule has 1 aromatic carbocycles. The standard InChI is InChI=1S/C25H28F3NO3S/c1-5-17-6-7-19(12-14(17)2)23-20(24(33-29-23)25(26,27)28)13-32-21-10-8-18(9-11-22(30)31)15(3)16(21)4/h6-8,10,14H,5,9,11-13H2,1-4H3,(H,30,31). The number of nitrogens with zero attached hydrogens (tertiary/aromatic N) is 1. The van der Waals surface area contributed by atoms with Crippen molar-refractivity contribution in [3.63, 3.8) is 0 Å². The summed E-state index contributed by atoms with van der Waals surface area (Å²) in [6.07, 6.45) is 1.32. The molecular formula is C25H28F3NO3S. The largest absolute Gasteiger partial charge is 0.488 e. The highest BCUT2D eigenvalue weighted by Crippen LogP contribution is 2.41. The molecule has 1 aliphatic rings. The van der Waals surface area contributed by atoms with E-state index in [9.17, 15) is 18.0 Å². The van der Waals surface area contributed by atoms with Gasteiger partial charge in [-0.25, -0.2) is 0 Å². The normalized spacial score (nSPS) is 16.4. The van der Waals surface area contributed by atoms with Crippen LogP contribution in [-0.2, 0) is 24.0 Å². The average Bonchev–Trinajstić information content (AvgIpc) is 3.18. The van der Waals surface area contributed by atoms with Crippen LogP contribution in [0.2, 0.25) is 0 Å². The highest BCUT2D eigenvalue weighted by atomic mass is 32.1. The molecule has 33 heavy (non-hydrogen) atoms. The number of hydrogen-bond acceptors (Lipinski definition) is 4. The van der Waals surface area contributed by atoms with Crippen LogP contribution in [0.1, 0.15) is 65.9 Å². The molecule has 1 heterocycles. The molecule has 2 aromatic rings. The van der Waals surface area contributed by atoms with Gasteiger partial charge < -0.3 is 9.84 Å². The lowest BCUT2D eigenvalue weighted by molar-refractivity contribution is -0.137. The maximum absolute atomic E-state index is 13.7. The summed E-state index contributed by atoms with van der Waals surface area (Å²) in [4.78, 5) is 10.1. The molecule has 8 heteroatoms. The topological polar surface area (TPSA) is 59.4 Å². The third kappa shape index (κ3) is 5.66. The first-order valence-corrected chi connectivity index (χ1v) is 11.7. The molecule has 0 amide bonds. The van der Waals surface area contributed by atoms with E-state index in [-0.39, 0.29) is 24.5 Å². The number of benzene rings is 1. The predicted molar refractivity (Wildman–Crippen MR) is 123 cm³/mol. The maximum atomic E-state index is 13.7. The average molecular weight is 480 g/mol. The van der Waals surface area contributed by atoms with Gasteiger partial charge in [0.25, 0.3) is 0 Å². The molecule has 1 aliphatic carbocycles. The molecule has 0 fully saturated rings. The zero-order chi connectivity index (χ0) is 24.3. The van der Waals surface area contributed by atoms with Crippen LogP contribution < -0.4 is 4.74 Å². The van der Waals surface area contributed by atoms with Crippen molar-refractivity contribution in [2.45, 2.75) is 66.2 Å². The number of ether oxygens (including phenoxy) is 1.